The number of aliphatic hydroxyl groups is 1. The Morgan fingerprint density at radius 1 is 1.47 bits per heavy atom. The number of amides is 1. The van der Waals surface area contributed by atoms with Gasteiger partial charge in [-0.05, 0) is 36.8 Å². The predicted octanol–water partition coefficient (Wildman–Crippen LogP) is 2.14. The van der Waals surface area contributed by atoms with Crippen LogP contribution >= 0.6 is 0 Å². The van der Waals surface area contributed by atoms with Crippen LogP contribution in [0.1, 0.15) is 43.0 Å². The molecular weight excluding hydrogens is 399 g/mol. The first kappa shape index (κ1) is 21.5. The van der Waals surface area contributed by atoms with Gasteiger partial charge < -0.3 is 20.1 Å². The Balaban J connectivity index is 1.50. The van der Waals surface area contributed by atoms with E-state index in [0.29, 0.717) is 30.6 Å². The van der Waals surface area contributed by atoms with E-state index in [0.717, 1.165) is 25.1 Å². The molecule has 1 aromatic rings. The van der Waals surface area contributed by atoms with Gasteiger partial charge in [-0.1, -0.05) is 6.92 Å². The molecule has 0 aromatic carbocycles. The highest BCUT2D eigenvalue weighted by atomic mass is 19.4. The minimum atomic E-state index is -4.44. The van der Waals surface area contributed by atoms with Crippen molar-refractivity contribution in [2.75, 3.05) is 20.3 Å². The fraction of sp³-hybridized carbons (Fsp3) is 0.714. The largest absolute Gasteiger partial charge is 0.417 e. The van der Waals surface area contributed by atoms with Crippen molar-refractivity contribution in [3.05, 3.63) is 29.1 Å². The molecule has 2 unspecified atom stereocenters. The summed E-state index contributed by atoms with van der Waals surface area (Å²) in [6, 6.07) is 1.26. The number of hydrogen-bond donors (Lipinski definition) is 2. The third kappa shape index (κ3) is 3.50. The molecule has 1 saturated carbocycles. The first-order valence-electron chi connectivity index (χ1n) is 10.4. The highest BCUT2D eigenvalue weighted by Crippen LogP contribution is 2.54. The van der Waals surface area contributed by atoms with E-state index >= 15 is 0 Å². The van der Waals surface area contributed by atoms with Gasteiger partial charge in [-0.2, -0.15) is 13.2 Å². The summed E-state index contributed by atoms with van der Waals surface area (Å²) in [5, 5.41) is 12.7. The Kier molecular flexibility index (Phi) is 5.57. The number of alkyl halides is 3. The van der Waals surface area contributed by atoms with Crippen molar-refractivity contribution in [1.29, 1.82) is 0 Å². The van der Waals surface area contributed by atoms with Gasteiger partial charge in [0.05, 0.1) is 23.7 Å². The summed E-state index contributed by atoms with van der Waals surface area (Å²) in [7, 11) is 1.55. The summed E-state index contributed by atoms with van der Waals surface area (Å²) in [5.41, 5.74) is -0.0912. The summed E-state index contributed by atoms with van der Waals surface area (Å²) < 4.78 is 44.4. The van der Waals surface area contributed by atoms with Crippen LogP contribution in [-0.4, -0.2) is 59.3 Å². The van der Waals surface area contributed by atoms with Crippen LogP contribution in [0.2, 0.25) is 0 Å². The Labute approximate surface area is 173 Å². The molecule has 166 valence electrons. The van der Waals surface area contributed by atoms with Gasteiger partial charge in [-0.25, -0.2) is 0 Å². The van der Waals surface area contributed by atoms with Gasteiger partial charge in [0.25, 0.3) is 0 Å². The lowest BCUT2D eigenvalue weighted by molar-refractivity contribution is -0.138. The molecule has 1 aromatic heterocycles. The summed E-state index contributed by atoms with van der Waals surface area (Å²) >= 11 is 0. The van der Waals surface area contributed by atoms with E-state index in [9.17, 15) is 23.1 Å². The smallest absolute Gasteiger partial charge is 0.394 e. The maximum atomic E-state index is 13.5. The molecule has 3 heterocycles. The molecule has 2 aliphatic heterocycles. The molecule has 1 spiro atoms. The van der Waals surface area contributed by atoms with Crippen LogP contribution in [-0.2, 0) is 28.7 Å². The second-order valence-corrected chi connectivity index (χ2v) is 8.87. The Morgan fingerprint density at radius 3 is 2.90 bits per heavy atom. The number of ether oxygens (including phenoxy) is 1. The predicted molar refractivity (Wildman–Crippen MR) is 102 cm³/mol. The number of carbonyl (C=O) groups excluding carboxylic acids is 1. The molecule has 2 fully saturated rings. The van der Waals surface area contributed by atoms with Crippen molar-refractivity contribution in [3.63, 3.8) is 0 Å². The maximum Gasteiger partial charge on any atom is 0.417 e. The topological polar surface area (TPSA) is 74.7 Å². The van der Waals surface area contributed by atoms with E-state index in [4.69, 9.17) is 4.74 Å². The van der Waals surface area contributed by atoms with Gasteiger partial charge in [-0.3, -0.25) is 9.78 Å². The van der Waals surface area contributed by atoms with E-state index in [1.165, 1.54) is 0 Å². The number of aromatic nitrogens is 1. The lowest BCUT2D eigenvalue weighted by atomic mass is 9.73. The number of hydrogen-bond acceptors (Lipinski definition) is 5. The first-order chi connectivity index (χ1) is 14.2. The fourth-order valence-corrected chi connectivity index (χ4v) is 5.52. The van der Waals surface area contributed by atoms with Gasteiger partial charge >= 0.3 is 6.18 Å². The Bertz CT molecular complexity index is 814. The highest BCUT2D eigenvalue weighted by molar-refractivity contribution is 5.87. The summed E-state index contributed by atoms with van der Waals surface area (Å²) in [4.78, 5) is 19.3. The summed E-state index contributed by atoms with van der Waals surface area (Å²) in [5.74, 6) is 0.155. The molecule has 6 nitrogen and oxygen atoms in total. The molecule has 2 N–H and O–H groups in total. The van der Waals surface area contributed by atoms with Gasteiger partial charge in [-0.15, -0.1) is 0 Å². The van der Waals surface area contributed by atoms with Gasteiger partial charge in [0.2, 0.25) is 5.91 Å². The molecule has 1 saturated heterocycles. The fourth-order valence-electron chi connectivity index (χ4n) is 5.52. The van der Waals surface area contributed by atoms with Gasteiger partial charge in [0.15, 0.2) is 0 Å². The minimum Gasteiger partial charge on any atom is -0.394 e. The maximum absolute atomic E-state index is 13.5. The zero-order valence-electron chi connectivity index (χ0n) is 17.2. The third-order valence-electron chi connectivity index (χ3n) is 7.39. The lowest BCUT2D eigenvalue weighted by Gasteiger charge is -2.33. The number of methoxy groups -OCH3 is 1. The molecule has 3 aliphatic rings. The van der Waals surface area contributed by atoms with Crippen LogP contribution in [0.3, 0.4) is 0 Å². The molecular formula is C21H28F3N3O3. The SMILES string of the molecule is CO[C@@H](CO)CN[C@@H]1CC[C@@]2(C1)C(=O)N1Cc3cc(C(F)(F)F)cnc3CC1C2C. The van der Waals surface area contributed by atoms with Crippen molar-refractivity contribution < 1.29 is 27.8 Å². The van der Waals surface area contributed by atoms with Crippen molar-refractivity contribution >= 4 is 5.91 Å². The molecule has 5 atom stereocenters. The lowest BCUT2D eigenvalue weighted by Crippen LogP contribution is -2.41. The molecule has 1 aliphatic carbocycles. The van der Waals surface area contributed by atoms with E-state index in [-0.39, 0.29) is 43.2 Å². The third-order valence-corrected chi connectivity index (χ3v) is 7.39. The number of nitrogens with zero attached hydrogens (tertiary/aromatic N) is 2. The number of carbonyl (C=O) groups is 1. The van der Waals surface area contributed by atoms with Gasteiger partial charge in [0.1, 0.15) is 0 Å². The number of pyridine rings is 1. The summed E-state index contributed by atoms with van der Waals surface area (Å²) in [6.45, 7) is 2.72. The van der Waals surface area contributed by atoms with E-state index in [2.05, 4.69) is 17.2 Å². The van der Waals surface area contributed by atoms with Crippen LogP contribution in [0.4, 0.5) is 13.2 Å². The molecule has 30 heavy (non-hydrogen) atoms. The second-order valence-electron chi connectivity index (χ2n) is 8.87. The molecule has 1 amide bonds. The van der Waals surface area contributed by atoms with Crippen LogP contribution < -0.4 is 5.32 Å². The standard InChI is InChI=1S/C21H28F3N3O3/c1-12-18-6-17-13(5-14(8-26-17)21(22,23)24)10-27(18)19(29)20(12)4-3-15(7-20)25-9-16(11-28)30-2/h5,8,12,15-16,18,25,28H,3-4,6-7,9-11H2,1-2H3/t12?,15-,16-,18?,20+/m1/s1. The van der Waals surface area contributed by atoms with Crippen LogP contribution in [0.25, 0.3) is 0 Å². The number of fused-ring (bicyclic) bond motifs is 2. The van der Waals surface area contributed by atoms with Crippen molar-refractivity contribution in [1.82, 2.24) is 15.2 Å². The van der Waals surface area contributed by atoms with E-state index in [1.807, 2.05) is 0 Å². The number of halogens is 3. The molecule has 0 bridgehead atoms. The zero-order valence-corrected chi connectivity index (χ0v) is 17.2. The quantitative estimate of drug-likeness (QED) is 0.753. The summed E-state index contributed by atoms with van der Waals surface area (Å²) in [6.07, 6.45) is -1.03. The average Bonchev–Trinajstić information content (AvgIpc) is 3.23. The average molecular weight is 427 g/mol. The van der Waals surface area contributed by atoms with Crippen molar-refractivity contribution in [3.8, 4) is 0 Å². The molecule has 9 heteroatoms. The Hall–Kier alpha value is -1.71. The van der Waals surface area contributed by atoms with Crippen LogP contribution in [0.5, 0.6) is 0 Å². The minimum absolute atomic E-state index is 0.0304. The zero-order chi connectivity index (χ0) is 21.7. The first-order valence-corrected chi connectivity index (χ1v) is 10.4. The highest BCUT2D eigenvalue weighted by Gasteiger charge is 2.60. The Morgan fingerprint density at radius 2 is 2.23 bits per heavy atom. The number of nitrogens with one attached hydrogen (secondary N) is 1. The van der Waals surface area contributed by atoms with Crippen LogP contribution in [0.15, 0.2) is 12.3 Å². The van der Waals surface area contributed by atoms with Crippen molar-refractivity contribution in [2.45, 2.75) is 63.5 Å². The van der Waals surface area contributed by atoms with E-state index < -0.39 is 17.2 Å². The van der Waals surface area contributed by atoms with Crippen molar-refractivity contribution in [2.24, 2.45) is 11.3 Å². The van der Waals surface area contributed by atoms with Gasteiger partial charge in [0, 0.05) is 50.6 Å². The normalized spacial score (nSPS) is 31.9. The monoisotopic (exact) mass is 427 g/mol. The molecule has 4 rings (SSSR count). The molecule has 0 radical (unpaired) electrons. The number of aliphatic hydroxyl groups excluding tert-OH is 1. The number of rotatable bonds is 5. The van der Waals surface area contributed by atoms with Crippen LogP contribution in [0, 0.1) is 11.3 Å². The second kappa shape index (κ2) is 7.76. The van der Waals surface area contributed by atoms with E-state index in [1.54, 1.807) is 12.0 Å².